The van der Waals surface area contributed by atoms with E-state index in [1.54, 1.807) is 23.7 Å². The van der Waals surface area contributed by atoms with Gasteiger partial charge in [0.25, 0.3) is 0 Å². The Kier molecular flexibility index (Phi) is 5.18. The Balaban J connectivity index is 1.59. The molecule has 5 nitrogen and oxygen atoms in total. The van der Waals surface area contributed by atoms with Crippen LogP contribution in [0.15, 0.2) is 54.6 Å². The molecular weight excluding hydrogens is 394 g/mol. The molecule has 0 aliphatic rings. The predicted molar refractivity (Wildman–Crippen MR) is 106 cm³/mol. The van der Waals surface area contributed by atoms with Gasteiger partial charge >= 0.3 is 0 Å². The number of aromatic nitrogens is 4. The smallest absolute Gasteiger partial charge is 0.174 e. The van der Waals surface area contributed by atoms with E-state index in [1.165, 1.54) is 6.20 Å². The standard InChI is InChI=1S/C21H14F2N4OS/c1-12-2-3-13(21-25-4-5-29-21)6-15(12)18-11-26-14(8-27-18)7-19(28)20-16(22)9-24-10-17(20)23/h2-6,8-11H,7H2,1H3. The third kappa shape index (κ3) is 3.93. The van der Waals surface area contributed by atoms with Gasteiger partial charge in [-0.25, -0.2) is 13.8 Å². The Morgan fingerprint density at radius 2 is 1.83 bits per heavy atom. The van der Waals surface area contributed by atoms with Crippen LogP contribution < -0.4 is 0 Å². The Hall–Kier alpha value is -3.39. The summed E-state index contributed by atoms with van der Waals surface area (Å²) in [6.45, 7) is 1.97. The van der Waals surface area contributed by atoms with Gasteiger partial charge in [-0.1, -0.05) is 12.1 Å². The molecule has 144 valence electrons. The first-order valence-electron chi connectivity index (χ1n) is 8.67. The van der Waals surface area contributed by atoms with Crippen LogP contribution in [0.3, 0.4) is 0 Å². The summed E-state index contributed by atoms with van der Waals surface area (Å²) in [5, 5.41) is 2.82. The molecule has 4 aromatic rings. The summed E-state index contributed by atoms with van der Waals surface area (Å²) < 4.78 is 27.4. The molecule has 0 aliphatic heterocycles. The van der Waals surface area contributed by atoms with Gasteiger partial charge < -0.3 is 0 Å². The summed E-state index contributed by atoms with van der Waals surface area (Å²) in [5.74, 6) is -2.70. The van der Waals surface area contributed by atoms with E-state index < -0.39 is 23.0 Å². The number of Topliss-reactive ketones (excluding diaryl/α,β-unsaturated/α-hetero) is 1. The number of hydrogen-bond donors (Lipinski definition) is 0. The highest BCUT2D eigenvalue weighted by Gasteiger charge is 2.19. The third-order valence-corrected chi connectivity index (χ3v) is 5.19. The highest BCUT2D eigenvalue weighted by Crippen LogP contribution is 2.29. The van der Waals surface area contributed by atoms with Crippen LogP contribution in [0.4, 0.5) is 8.78 Å². The van der Waals surface area contributed by atoms with Crippen molar-refractivity contribution in [3.63, 3.8) is 0 Å². The van der Waals surface area contributed by atoms with Gasteiger partial charge in [-0.05, 0) is 18.6 Å². The zero-order valence-corrected chi connectivity index (χ0v) is 16.1. The fourth-order valence-corrected chi connectivity index (χ4v) is 3.55. The van der Waals surface area contributed by atoms with Gasteiger partial charge in [0.05, 0.1) is 42.0 Å². The number of halogens is 2. The van der Waals surface area contributed by atoms with E-state index in [0.717, 1.165) is 34.1 Å². The summed E-state index contributed by atoms with van der Waals surface area (Å²) in [6.07, 6.45) is 6.10. The second kappa shape index (κ2) is 7.92. The molecule has 0 amide bonds. The molecule has 8 heteroatoms. The van der Waals surface area contributed by atoms with Gasteiger partial charge in [0.15, 0.2) is 17.4 Å². The molecule has 0 saturated heterocycles. The van der Waals surface area contributed by atoms with Crippen molar-refractivity contribution < 1.29 is 13.6 Å². The number of pyridine rings is 1. The minimum absolute atomic E-state index is 0.261. The molecule has 29 heavy (non-hydrogen) atoms. The SMILES string of the molecule is Cc1ccc(-c2nccs2)cc1-c1cnc(CC(=O)c2c(F)cncc2F)cn1. The van der Waals surface area contributed by atoms with E-state index in [2.05, 4.69) is 19.9 Å². The van der Waals surface area contributed by atoms with Crippen molar-refractivity contribution in [3.05, 3.63) is 83.0 Å². The zero-order valence-electron chi connectivity index (χ0n) is 15.3. The number of carbonyl (C=O) groups excluding carboxylic acids is 1. The van der Waals surface area contributed by atoms with E-state index in [-0.39, 0.29) is 6.42 Å². The summed E-state index contributed by atoms with van der Waals surface area (Å²) >= 11 is 1.54. The maximum Gasteiger partial charge on any atom is 0.174 e. The van der Waals surface area contributed by atoms with Gasteiger partial charge in [0, 0.05) is 28.9 Å². The largest absolute Gasteiger partial charge is 0.294 e. The van der Waals surface area contributed by atoms with E-state index in [0.29, 0.717) is 11.4 Å². The molecule has 0 saturated carbocycles. The number of nitrogens with zero attached hydrogens (tertiary/aromatic N) is 4. The fourth-order valence-electron chi connectivity index (χ4n) is 2.91. The van der Waals surface area contributed by atoms with Crippen LogP contribution in [0.1, 0.15) is 21.6 Å². The number of carbonyl (C=O) groups is 1. The quantitative estimate of drug-likeness (QED) is 0.449. The molecule has 3 heterocycles. The van der Waals surface area contributed by atoms with Crippen molar-refractivity contribution in [2.45, 2.75) is 13.3 Å². The number of rotatable bonds is 5. The topological polar surface area (TPSA) is 68.6 Å². The Bertz CT molecular complexity index is 1160. The summed E-state index contributed by atoms with van der Waals surface area (Å²) in [4.78, 5) is 28.6. The van der Waals surface area contributed by atoms with Crippen LogP contribution in [0, 0.1) is 18.6 Å². The van der Waals surface area contributed by atoms with Gasteiger partial charge in [-0.2, -0.15) is 0 Å². The van der Waals surface area contributed by atoms with Gasteiger partial charge in [-0.15, -0.1) is 11.3 Å². The first kappa shape index (κ1) is 18.9. The second-order valence-electron chi connectivity index (χ2n) is 6.34. The Morgan fingerprint density at radius 3 is 2.48 bits per heavy atom. The molecule has 4 rings (SSSR count). The lowest BCUT2D eigenvalue weighted by Crippen LogP contribution is -2.11. The molecule has 0 radical (unpaired) electrons. The second-order valence-corrected chi connectivity index (χ2v) is 7.23. The lowest BCUT2D eigenvalue weighted by atomic mass is 10.0. The van der Waals surface area contributed by atoms with Crippen molar-refractivity contribution in [2.24, 2.45) is 0 Å². The monoisotopic (exact) mass is 408 g/mol. The average molecular weight is 408 g/mol. The molecule has 0 fully saturated rings. The van der Waals surface area contributed by atoms with Crippen LogP contribution in [-0.2, 0) is 6.42 Å². The van der Waals surface area contributed by atoms with Crippen molar-refractivity contribution in [1.29, 1.82) is 0 Å². The number of hydrogen-bond acceptors (Lipinski definition) is 6. The summed E-state index contributed by atoms with van der Waals surface area (Å²) in [5.41, 5.74) is 3.24. The van der Waals surface area contributed by atoms with Gasteiger partial charge in [-0.3, -0.25) is 19.7 Å². The molecule has 0 spiro atoms. The molecule has 0 atom stereocenters. The van der Waals surface area contributed by atoms with Crippen LogP contribution >= 0.6 is 11.3 Å². The van der Waals surface area contributed by atoms with Crippen molar-refractivity contribution in [2.75, 3.05) is 0 Å². The maximum absolute atomic E-state index is 13.7. The van der Waals surface area contributed by atoms with Gasteiger partial charge in [0.1, 0.15) is 5.01 Å². The molecule has 0 N–H and O–H groups in total. The van der Waals surface area contributed by atoms with E-state index in [4.69, 9.17) is 0 Å². The first-order chi connectivity index (χ1) is 14.0. The average Bonchev–Trinajstić information content (AvgIpc) is 3.24. The Morgan fingerprint density at radius 1 is 1.03 bits per heavy atom. The highest BCUT2D eigenvalue weighted by molar-refractivity contribution is 7.13. The maximum atomic E-state index is 13.7. The third-order valence-electron chi connectivity index (χ3n) is 4.37. The predicted octanol–water partition coefficient (Wildman–Crippen LogP) is 4.67. The number of benzene rings is 1. The molecule has 3 aromatic heterocycles. The minimum atomic E-state index is -0.991. The van der Waals surface area contributed by atoms with Crippen LogP contribution in [0.25, 0.3) is 21.8 Å². The molecule has 0 unspecified atom stereocenters. The van der Waals surface area contributed by atoms with Gasteiger partial charge in [0.2, 0.25) is 0 Å². The Labute approximate surface area is 169 Å². The highest BCUT2D eigenvalue weighted by atomic mass is 32.1. The van der Waals surface area contributed by atoms with Crippen LogP contribution in [0.5, 0.6) is 0 Å². The first-order valence-corrected chi connectivity index (χ1v) is 9.55. The van der Waals surface area contributed by atoms with Crippen molar-refractivity contribution in [1.82, 2.24) is 19.9 Å². The lowest BCUT2D eigenvalue weighted by Gasteiger charge is -2.08. The fraction of sp³-hybridized carbons (Fsp3) is 0.0952. The summed E-state index contributed by atoms with van der Waals surface area (Å²) in [7, 11) is 0. The molecule has 0 aliphatic carbocycles. The number of thiazole rings is 1. The minimum Gasteiger partial charge on any atom is -0.294 e. The van der Waals surface area contributed by atoms with Crippen molar-refractivity contribution in [3.8, 4) is 21.8 Å². The summed E-state index contributed by atoms with van der Waals surface area (Å²) in [6, 6.07) is 5.97. The number of aryl methyl sites for hydroxylation is 1. The van der Waals surface area contributed by atoms with Crippen molar-refractivity contribution >= 4 is 17.1 Å². The molecule has 1 aromatic carbocycles. The normalized spacial score (nSPS) is 10.9. The van der Waals surface area contributed by atoms with Crippen LogP contribution in [0.2, 0.25) is 0 Å². The van der Waals surface area contributed by atoms with E-state index in [9.17, 15) is 13.6 Å². The lowest BCUT2D eigenvalue weighted by molar-refractivity contribution is 0.0983. The molecule has 0 bridgehead atoms. The van der Waals surface area contributed by atoms with E-state index >= 15 is 0 Å². The molecular formula is C21H14F2N4OS. The van der Waals surface area contributed by atoms with E-state index in [1.807, 2.05) is 30.5 Å². The number of ketones is 1. The zero-order chi connectivity index (χ0) is 20.4. The van der Waals surface area contributed by atoms with Crippen LogP contribution in [-0.4, -0.2) is 25.7 Å².